The Balaban J connectivity index is 2.33. The van der Waals surface area contributed by atoms with Gasteiger partial charge in [0.1, 0.15) is 5.82 Å². The number of nitrogens with one attached hydrogen (secondary N) is 1. The summed E-state index contributed by atoms with van der Waals surface area (Å²) in [6.07, 6.45) is 0.601. The summed E-state index contributed by atoms with van der Waals surface area (Å²) in [7, 11) is 1.87. The molecule has 1 unspecified atom stereocenters. The molecule has 2 rings (SSSR count). The predicted octanol–water partition coefficient (Wildman–Crippen LogP) is 5.24. The molecule has 5 heteroatoms. The van der Waals surface area contributed by atoms with Crippen molar-refractivity contribution < 1.29 is 4.39 Å². The zero-order chi connectivity index (χ0) is 14.7. The quantitative estimate of drug-likeness (QED) is 0.663. The monoisotopic (exact) mass is 423 g/mol. The van der Waals surface area contributed by atoms with Crippen LogP contribution in [0.3, 0.4) is 0 Å². The Morgan fingerprint density at radius 3 is 2.65 bits per heavy atom. The van der Waals surface area contributed by atoms with Gasteiger partial charge >= 0.3 is 0 Å². The van der Waals surface area contributed by atoms with E-state index in [1.165, 1.54) is 12.1 Å². The Hall–Kier alpha value is -0.360. The third-order valence-electron chi connectivity index (χ3n) is 3.11. The summed E-state index contributed by atoms with van der Waals surface area (Å²) in [4.78, 5) is 0. The van der Waals surface area contributed by atoms with E-state index in [2.05, 4.69) is 27.9 Å². The molecular weight excluding hydrogens is 411 g/mol. The molecule has 0 aliphatic rings. The highest BCUT2D eigenvalue weighted by atomic mass is 127. The van der Waals surface area contributed by atoms with E-state index in [4.69, 9.17) is 23.2 Å². The lowest BCUT2D eigenvalue weighted by molar-refractivity contribution is 0.582. The molecule has 0 saturated carbocycles. The maximum Gasteiger partial charge on any atom is 0.123 e. The molecule has 0 fully saturated rings. The summed E-state index contributed by atoms with van der Waals surface area (Å²) in [6, 6.07) is 10.2. The third-order valence-corrected chi connectivity index (χ3v) is 4.70. The van der Waals surface area contributed by atoms with Crippen LogP contribution < -0.4 is 5.32 Å². The van der Waals surface area contributed by atoms with Crippen molar-refractivity contribution in [1.82, 2.24) is 5.32 Å². The number of hydrogen-bond donors (Lipinski definition) is 1. The van der Waals surface area contributed by atoms with Crippen molar-refractivity contribution in [2.75, 3.05) is 7.05 Å². The van der Waals surface area contributed by atoms with E-state index < -0.39 is 0 Å². The van der Waals surface area contributed by atoms with E-state index in [0.29, 0.717) is 16.5 Å². The van der Waals surface area contributed by atoms with Gasteiger partial charge in [-0.15, -0.1) is 0 Å². The fourth-order valence-electron chi connectivity index (χ4n) is 2.07. The number of rotatable bonds is 4. The number of benzene rings is 2. The highest BCUT2D eigenvalue weighted by Crippen LogP contribution is 2.28. The highest BCUT2D eigenvalue weighted by Gasteiger charge is 2.16. The zero-order valence-electron chi connectivity index (χ0n) is 10.8. The number of halogens is 4. The smallest absolute Gasteiger partial charge is 0.123 e. The Kier molecular flexibility index (Phi) is 5.66. The molecule has 0 amide bonds. The van der Waals surface area contributed by atoms with Gasteiger partial charge in [-0.1, -0.05) is 23.2 Å². The van der Waals surface area contributed by atoms with Crippen LogP contribution in [0, 0.1) is 9.39 Å². The van der Waals surface area contributed by atoms with Crippen LogP contribution in [0.25, 0.3) is 0 Å². The van der Waals surface area contributed by atoms with Gasteiger partial charge in [0.05, 0.1) is 0 Å². The van der Waals surface area contributed by atoms with Gasteiger partial charge < -0.3 is 5.32 Å². The van der Waals surface area contributed by atoms with Crippen LogP contribution in [0.2, 0.25) is 10.0 Å². The topological polar surface area (TPSA) is 12.0 Å². The minimum atomic E-state index is -0.278. The number of likely N-dealkylation sites (N-methyl/N-ethyl adjacent to an activating group) is 1. The minimum Gasteiger partial charge on any atom is -0.313 e. The SMILES string of the molecule is CNC(Cc1cc(F)ccc1Cl)c1cc(Cl)ccc1I. The van der Waals surface area contributed by atoms with Crippen LogP contribution >= 0.6 is 45.8 Å². The van der Waals surface area contributed by atoms with Gasteiger partial charge in [0.2, 0.25) is 0 Å². The van der Waals surface area contributed by atoms with E-state index in [1.807, 2.05) is 25.2 Å². The van der Waals surface area contributed by atoms with Gasteiger partial charge in [-0.25, -0.2) is 4.39 Å². The lowest BCUT2D eigenvalue weighted by Gasteiger charge is -2.19. The fourth-order valence-corrected chi connectivity index (χ4v) is 3.16. The summed E-state index contributed by atoms with van der Waals surface area (Å²) < 4.78 is 14.5. The molecule has 0 bridgehead atoms. The zero-order valence-corrected chi connectivity index (χ0v) is 14.4. The average molecular weight is 424 g/mol. The largest absolute Gasteiger partial charge is 0.313 e. The van der Waals surface area contributed by atoms with Gasteiger partial charge in [0, 0.05) is 19.7 Å². The molecule has 0 aliphatic heterocycles. The predicted molar refractivity (Wildman–Crippen MR) is 91.1 cm³/mol. The fraction of sp³-hybridized carbons (Fsp3) is 0.200. The van der Waals surface area contributed by atoms with E-state index in [0.717, 1.165) is 14.7 Å². The third kappa shape index (κ3) is 3.85. The Labute approximate surface area is 141 Å². The molecule has 0 radical (unpaired) electrons. The summed E-state index contributed by atoms with van der Waals surface area (Å²) in [6.45, 7) is 0. The molecule has 0 saturated heterocycles. The van der Waals surface area contributed by atoms with Crippen molar-refractivity contribution in [3.05, 3.63) is 67.0 Å². The normalized spacial score (nSPS) is 12.4. The summed E-state index contributed by atoms with van der Waals surface area (Å²) in [5, 5.41) is 4.50. The average Bonchev–Trinajstić information content (AvgIpc) is 2.42. The molecule has 0 spiro atoms. The van der Waals surface area contributed by atoms with Crippen molar-refractivity contribution in [2.45, 2.75) is 12.5 Å². The molecule has 1 atom stereocenters. The van der Waals surface area contributed by atoms with Crippen LogP contribution in [0.4, 0.5) is 4.39 Å². The van der Waals surface area contributed by atoms with E-state index >= 15 is 0 Å². The van der Waals surface area contributed by atoms with Crippen molar-refractivity contribution >= 4 is 45.8 Å². The molecule has 0 aliphatic carbocycles. The number of hydrogen-bond acceptors (Lipinski definition) is 1. The van der Waals surface area contributed by atoms with Crippen molar-refractivity contribution in [3.8, 4) is 0 Å². The maximum absolute atomic E-state index is 13.3. The molecule has 106 valence electrons. The molecule has 1 N–H and O–H groups in total. The van der Waals surface area contributed by atoms with Gasteiger partial charge in [0.15, 0.2) is 0 Å². The molecule has 20 heavy (non-hydrogen) atoms. The van der Waals surface area contributed by atoms with Crippen LogP contribution in [-0.2, 0) is 6.42 Å². The first-order chi connectivity index (χ1) is 9.51. The molecule has 0 heterocycles. The Morgan fingerprint density at radius 2 is 1.95 bits per heavy atom. The Bertz CT molecular complexity index is 619. The van der Waals surface area contributed by atoms with Crippen LogP contribution in [0.1, 0.15) is 17.2 Å². The second-order valence-corrected chi connectivity index (χ2v) is 6.45. The maximum atomic E-state index is 13.3. The lowest BCUT2D eigenvalue weighted by atomic mass is 9.99. The molecule has 2 aromatic carbocycles. The molecule has 0 aromatic heterocycles. The summed E-state index contributed by atoms with van der Waals surface area (Å²) in [5.41, 5.74) is 1.86. The molecule has 2 aromatic rings. The van der Waals surface area contributed by atoms with Crippen molar-refractivity contribution in [2.24, 2.45) is 0 Å². The van der Waals surface area contributed by atoms with Crippen molar-refractivity contribution in [3.63, 3.8) is 0 Å². The molecular formula is C15H13Cl2FIN. The standard InChI is InChI=1S/C15H13Cl2FIN/c1-20-15(12-8-10(16)2-5-14(12)19)7-9-6-11(18)3-4-13(9)17/h2-6,8,15,20H,7H2,1H3. The Morgan fingerprint density at radius 1 is 1.20 bits per heavy atom. The van der Waals surface area contributed by atoms with Crippen LogP contribution in [0.5, 0.6) is 0 Å². The first-order valence-electron chi connectivity index (χ1n) is 6.07. The van der Waals surface area contributed by atoms with Crippen molar-refractivity contribution in [1.29, 1.82) is 0 Å². The van der Waals surface area contributed by atoms with Crippen LogP contribution in [0.15, 0.2) is 36.4 Å². The lowest BCUT2D eigenvalue weighted by Crippen LogP contribution is -2.20. The van der Waals surface area contributed by atoms with Gasteiger partial charge in [0.25, 0.3) is 0 Å². The second kappa shape index (κ2) is 7.07. The minimum absolute atomic E-state index is 0.0277. The summed E-state index contributed by atoms with van der Waals surface area (Å²) >= 11 is 14.5. The first-order valence-corrected chi connectivity index (χ1v) is 7.91. The van der Waals surface area contributed by atoms with Crippen LogP contribution in [-0.4, -0.2) is 7.05 Å². The van der Waals surface area contributed by atoms with Gasteiger partial charge in [-0.2, -0.15) is 0 Å². The van der Waals surface area contributed by atoms with E-state index in [-0.39, 0.29) is 11.9 Å². The van der Waals surface area contributed by atoms with Gasteiger partial charge in [-0.3, -0.25) is 0 Å². The van der Waals surface area contributed by atoms with Gasteiger partial charge in [-0.05, 0) is 83.6 Å². The second-order valence-electron chi connectivity index (χ2n) is 4.45. The summed E-state index contributed by atoms with van der Waals surface area (Å²) in [5.74, 6) is -0.278. The highest BCUT2D eigenvalue weighted by molar-refractivity contribution is 14.1. The first kappa shape index (κ1) is 16.0. The van der Waals surface area contributed by atoms with E-state index in [1.54, 1.807) is 6.07 Å². The van der Waals surface area contributed by atoms with E-state index in [9.17, 15) is 4.39 Å². The molecule has 1 nitrogen and oxygen atoms in total.